The molecule has 0 saturated carbocycles. The number of amides is 1. The molecular formula is C16H27N3O. The van der Waals surface area contributed by atoms with Crippen LogP contribution >= 0.6 is 0 Å². The SMILES string of the molecule is Cc1cc2c(n1C(C(N)=O)C(C)C)CC(C)(C)CC2N. The van der Waals surface area contributed by atoms with Crippen molar-refractivity contribution < 1.29 is 4.79 Å². The number of aromatic nitrogens is 1. The minimum absolute atomic E-state index is 0.0504. The van der Waals surface area contributed by atoms with Crippen LogP contribution in [-0.2, 0) is 11.2 Å². The van der Waals surface area contributed by atoms with Gasteiger partial charge in [0.05, 0.1) is 0 Å². The summed E-state index contributed by atoms with van der Waals surface area (Å²) < 4.78 is 2.13. The smallest absolute Gasteiger partial charge is 0.240 e. The Morgan fingerprint density at radius 3 is 2.55 bits per heavy atom. The summed E-state index contributed by atoms with van der Waals surface area (Å²) in [5, 5.41) is 0. The highest BCUT2D eigenvalue weighted by Crippen LogP contribution is 2.42. The van der Waals surface area contributed by atoms with Gasteiger partial charge in [-0.2, -0.15) is 0 Å². The molecule has 2 rings (SSSR count). The van der Waals surface area contributed by atoms with Crippen molar-refractivity contribution in [3.8, 4) is 0 Å². The van der Waals surface area contributed by atoms with Gasteiger partial charge in [-0.15, -0.1) is 0 Å². The minimum Gasteiger partial charge on any atom is -0.368 e. The second-order valence-corrected chi connectivity index (χ2v) is 7.30. The van der Waals surface area contributed by atoms with Gasteiger partial charge in [-0.1, -0.05) is 27.7 Å². The molecule has 1 amide bonds. The van der Waals surface area contributed by atoms with Gasteiger partial charge in [0, 0.05) is 17.4 Å². The Morgan fingerprint density at radius 2 is 2.05 bits per heavy atom. The summed E-state index contributed by atoms with van der Waals surface area (Å²) in [6.07, 6.45) is 1.92. The molecule has 1 heterocycles. The van der Waals surface area contributed by atoms with Crippen LogP contribution < -0.4 is 11.5 Å². The fourth-order valence-corrected chi connectivity index (χ4v) is 3.61. The van der Waals surface area contributed by atoms with Crippen LogP contribution in [0, 0.1) is 18.3 Å². The lowest BCUT2D eigenvalue weighted by Crippen LogP contribution is -2.35. The van der Waals surface area contributed by atoms with E-state index in [1.807, 2.05) is 20.8 Å². The van der Waals surface area contributed by atoms with Crippen LogP contribution in [0.4, 0.5) is 0 Å². The van der Waals surface area contributed by atoms with Gasteiger partial charge in [0.2, 0.25) is 5.91 Å². The summed E-state index contributed by atoms with van der Waals surface area (Å²) in [7, 11) is 0. The van der Waals surface area contributed by atoms with Crippen LogP contribution in [0.3, 0.4) is 0 Å². The predicted molar refractivity (Wildman–Crippen MR) is 81.3 cm³/mol. The second kappa shape index (κ2) is 4.92. The number of nitrogens with two attached hydrogens (primary N) is 2. The quantitative estimate of drug-likeness (QED) is 0.890. The summed E-state index contributed by atoms with van der Waals surface area (Å²) >= 11 is 0. The second-order valence-electron chi connectivity index (χ2n) is 7.30. The first-order valence-electron chi connectivity index (χ1n) is 7.39. The normalized spacial score (nSPS) is 22.6. The van der Waals surface area contributed by atoms with Crippen LogP contribution in [0.25, 0.3) is 0 Å². The maximum absolute atomic E-state index is 11.9. The highest BCUT2D eigenvalue weighted by Gasteiger charge is 2.36. The zero-order chi connectivity index (χ0) is 15.2. The van der Waals surface area contributed by atoms with Gasteiger partial charge in [-0.25, -0.2) is 0 Å². The first-order chi connectivity index (χ1) is 9.14. The summed E-state index contributed by atoms with van der Waals surface area (Å²) in [6.45, 7) is 10.6. The molecule has 4 N–H and O–H groups in total. The Morgan fingerprint density at radius 1 is 1.45 bits per heavy atom. The number of carbonyl (C=O) groups is 1. The van der Waals surface area contributed by atoms with Crippen molar-refractivity contribution in [2.45, 2.75) is 59.5 Å². The molecule has 1 aliphatic rings. The molecule has 0 bridgehead atoms. The Hall–Kier alpha value is -1.29. The number of aryl methyl sites for hydroxylation is 1. The molecular weight excluding hydrogens is 250 g/mol. The molecule has 0 saturated heterocycles. The zero-order valence-electron chi connectivity index (χ0n) is 13.2. The van der Waals surface area contributed by atoms with Gasteiger partial charge < -0.3 is 16.0 Å². The molecule has 0 aromatic carbocycles. The Bertz CT molecular complexity index is 528. The minimum atomic E-state index is -0.292. The Labute approximate surface area is 121 Å². The van der Waals surface area contributed by atoms with Crippen molar-refractivity contribution in [1.82, 2.24) is 4.57 Å². The van der Waals surface area contributed by atoms with Gasteiger partial charge in [0.25, 0.3) is 0 Å². The van der Waals surface area contributed by atoms with Gasteiger partial charge in [0.1, 0.15) is 6.04 Å². The third-order valence-electron chi connectivity index (χ3n) is 4.39. The van der Waals surface area contributed by atoms with Crippen molar-refractivity contribution in [2.75, 3.05) is 0 Å². The lowest BCUT2D eigenvalue weighted by atomic mass is 9.74. The summed E-state index contributed by atoms with van der Waals surface area (Å²) in [6, 6.07) is 1.89. The maximum atomic E-state index is 11.9. The fourth-order valence-electron chi connectivity index (χ4n) is 3.61. The number of rotatable bonds is 3. The van der Waals surface area contributed by atoms with E-state index < -0.39 is 0 Å². The number of hydrogen-bond donors (Lipinski definition) is 2. The van der Waals surface area contributed by atoms with E-state index in [9.17, 15) is 4.79 Å². The zero-order valence-corrected chi connectivity index (χ0v) is 13.2. The molecule has 1 aromatic heterocycles. The van der Waals surface area contributed by atoms with E-state index in [4.69, 9.17) is 11.5 Å². The Balaban J connectivity index is 2.59. The Kier molecular flexibility index (Phi) is 3.71. The molecule has 4 nitrogen and oxygen atoms in total. The molecule has 112 valence electrons. The first-order valence-corrected chi connectivity index (χ1v) is 7.39. The van der Waals surface area contributed by atoms with Gasteiger partial charge in [-0.3, -0.25) is 4.79 Å². The molecule has 0 radical (unpaired) electrons. The third-order valence-corrected chi connectivity index (χ3v) is 4.39. The standard InChI is InChI=1S/C16H27N3O/c1-9(2)14(15(18)20)19-10(3)6-11-12(17)7-16(4,5)8-13(11)19/h6,9,12,14H,7-8,17H2,1-5H3,(H2,18,20). The van der Waals surface area contributed by atoms with Crippen molar-refractivity contribution in [1.29, 1.82) is 0 Å². The van der Waals surface area contributed by atoms with Crippen LogP contribution in [0.5, 0.6) is 0 Å². The number of hydrogen-bond acceptors (Lipinski definition) is 2. The van der Waals surface area contributed by atoms with E-state index in [-0.39, 0.29) is 29.3 Å². The molecule has 1 aliphatic carbocycles. The molecule has 4 heteroatoms. The van der Waals surface area contributed by atoms with Crippen molar-refractivity contribution in [3.63, 3.8) is 0 Å². The van der Waals surface area contributed by atoms with Crippen molar-refractivity contribution in [2.24, 2.45) is 22.8 Å². The van der Waals surface area contributed by atoms with Crippen LogP contribution in [0.1, 0.15) is 63.2 Å². The molecule has 20 heavy (non-hydrogen) atoms. The largest absolute Gasteiger partial charge is 0.368 e. The number of fused-ring (bicyclic) bond motifs is 1. The maximum Gasteiger partial charge on any atom is 0.240 e. The van der Waals surface area contributed by atoms with E-state index in [1.165, 1.54) is 11.3 Å². The van der Waals surface area contributed by atoms with Gasteiger partial charge in [-0.05, 0) is 42.7 Å². The van der Waals surface area contributed by atoms with E-state index in [2.05, 4.69) is 24.5 Å². The van der Waals surface area contributed by atoms with Gasteiger partial charge >= 0.3 is 0 Å². The summed E-state index contributed by atoms with van der Waals surface area (Å²) in [4.78, 5) is 11.9. The third kappa shape index (κ3) is 2.49. The molecule has 2 unspecified atom stereocenters. The van der Waals surface area contributed by atoms with E-state index in [1.54, 1.807) is 0 Å². The number of carbonyl (C=O) groups excluding carboxylic acids is 1. The predicted octanol–water partition coefficient (Wildman–Crippen LogP) is 2.45. The fraction of sp³-hybridized carbons (Fsp3) is 0.688. The highest BCUT2D eigenvalue weighted by atomic mass is 16.1. The highest BCUT2D eigenvalue weighted by molar-refractivity contribution is 5.79. The molecule has 1 aromatic rings. The number of primary amides is 1. The summed E-state index contributed by atoms with van der Waals surface area (Å²) in [5.74, 6) is -0.0950. The van der Waals surface area contributed by atoms with Crippen LogP contribution in [0.2, 0.25) is 0 Å². The lowest BCUT2D eigenvalue weighted by molar-refractivity contribution is -0.122. The van der Waals surface area contributed by atoms with E-state index in [0.717, 1.165) is 18.5 Å². The monoisotopic (exact) mass is 277 g/mol. The molecule has 0 fully saturated rings. The number of nitrogens with zero attached hydrogens (tertiary/aromatic N) is 1. The average molecular weight is 277 g/mol. The van der Waals surface area contributed by atoms with Gasteiger partial charge in [0.15, 0.2) is 0 Å². The van der Waals surface area contributed by atoms with E-state index >= 15 is 0 Å². The topological polar surface area (TPSA) is 74.0 Å². The average Bonchev–Trinajstić information content (AvgIpc) is 2.55. The lowest BCUT2D eigenvalue weighted by Gasteiger charge is -2.36. The van der Waals surface area contributed by atoms with Crippen LogP contribution in [0.15, 0.2) is 6.07 Å². The van der Waals surface area contributed by atoms with Crippen LogP contribution in [-0.4, -0.2) is 10.5 Å². The van der Waals surface area contributed by atoms with E-state index in [0.29, 0.717) is 0 Å². The first kappa shape index (κ1) is 15.1. The van der Waals surface area contributed by atoms with Crippen molar-refractivity contribution >= 4 is 5.91 Å². The summed E-state index contributed by atoms with van der Waals surface area (Å²) in [5.41, 5.74) is 15.6. The molecule has 0 spiro atoms. The molecule has 0 aliphatic heterocycles. The van der Waals surface area contributed by atoms with Crippen molar-refractivity contribution in [3.05, 3.63) is 23.0 Å². The molecule has 2 atom stereocenters.